The summed E-state index contributed by atoms with van der Waals surface area (Å²) in [4.78, 5) is 44.0. The van der Waals surface area contributed by atoms with Crippen LogP contribution in [0.3, 0.4) is 0 Å². The lowest BCUT2D eigenvalue weighted by molar-refractivity contribution is -0.125. The minimum Gasteiger partial charge on any atom is -0.456 e. The van der Waals surface area contributed by atoms with Crippen molar-refractivity contribution in [3.8, 4) is 0 Å². The number of carbonyl (C=O) groups is 3. The fourth-order valence-electron chi connectivity index (χ4n) is 3.59. The van der Waals surface area contributed by atoms with Crippen LogP contribution < -0.4 is 10.6 Å². The Bertz CT molecular complexity index is 1070. The van der Waals surface area contributed by atoms with E-state index in [1.807, 2.05) is 11.4 Å². The fraction of sp³-hybridized carbons (Fsp3) is 0.222. The number of hydrogen-bond donors (Lipinski definition) is 2. The lowest BCUT2D eigenvalue weighted by atomic mass is 9.94. The first-order chi connectivity index (χ1) is 13.1. The molecule has 27 heavy (non-hydrogen) atoms. The third kappa shape index (κ3) is 2.35. The van der Waals surface area contributed by atoms with Gasteiger partial charge in [0.1, 0.15) is 11.3 Å². The number of aromatic nitrogens is 1. The molecule has 1 saturated heterocycles. The quantitative estimate of drug-likeness (QED) is 0.670. The summed E-state index contributed by atoms with van der Waals surface area (Å²) in [6, 6.07) is 6.42. The van der Waals surface area contributed by atoms with Gasteiger partial charge in [-0.25, -0.2) is 4.79 Å². The fourth-order valence-corrected chi connectivity index (χ4v) is 4.51. The topological polar surface area (TPSA) is 105 Å². The third-order valence-electron chi connectivity index (χ3n) is 4.96. The molecule has 3 aromatic heterocycles. The SMILES string of the molecule is O=C1NC(=O)[C@](CN2CCc3ccsc3C2=O)(c2cc3ncccc3o2)N1. The number of furan rings is 1. The number of carbonyl (C=O) groups excluding carboxylic acids is 3. The van der Waals surface area contributed by atoms with Gasteiger partial charge in [-0.15, -0.1) is 11.3 Å². The summed E-state index contributed by atoms with van der Waals surface area (Å²) in [6.45, 7) is 0.451. The van der Waals surface area contributed by atoms with Crippen molar-refractivity contribution < 1.29 is 18.8 Å². The summed E-state index contributed by atoms with van der Waals surface area (Å²) in [5, 5.41) is 6.82. The number of nitrogens with zero attached hydrogens (tertiary/aromatic N) is 2. The van der Waals surface area contributed by atoms with Crippen molar-refractivity contribution in [2.24, 2.45) is 0 Å². The van der Waals surface area contributed by atoms with Crippen LogP contribution in [-0.4, -0.2) is 40.8 Å². The number of imide groups is 1. The van der Waals surface area contributed by atoms with Crippen LogP contribution in [0.15, 0.2) is 40.3 Å². The van der Waals surface area contributed by atoms with Crippen LogP contribution in [0.1, 0.15) is 21.0 Å². The van der Waals surface area contributed by atoms with E-state index in [4.69, 9.17) is 4.42 Å². The Morgan fingerprint density at radius 3 is 2.96 bits per heavy atom. The standard InChI is InChI=1S/C18H14N4O4S/c23-15-14-10(4-7-27-14)3-6-22(15)9-18(16(24)20-17(25)21-18)13-8-11-12(26-13)2-1-5-19-11/h1-2,4-5,7-8H,3,6,9H2,(H2,20,21,24,25)/t18-/m0/s1. The number of hydrogen-bond acceptors (Lipinski definition) is 6. The van der Waals surface area contributed by atoms with Gasteiger partial charge < -0.3 is 14.6 Å². The van der Waals surface area contributed by atoms with Crippen LogP contribution in [-0.2, 0) is 16.8 Å². The number of rotatable bonds is 3. The van der Waals surface area contributed by atoms with Gasteiger partial charge in [-0.05, 0) is 35.6 Å². The van der Waals surface area contributed by atoms with Gasteiger partial charge in [0, 0.05) is 18.8 Å². The predicted octanol–water partition coefficient (Wildman–Crippen LogP) is 1.62. The van der Waals surface area contributed by atoms with Gasteiger partial charge in [0.15, 0.2) is 11.1 Å². The van der Waals surface area contributed by atoms with Crippen molar-refractivity contribution in [2.45, 2.75) is 12.0 Å². The summed E-state index contributed by atoms with van der Waals surface area (Å²) in [7, 11) is 0. The Hall–Kier alpha value is -3.20. The maximum Gasteiger partial charge on any atom is 0.322 e. The molecule has 0 saturated carbocycles. The molecule has 1 fully saturated rings. The van der Waals surface area contributed by atoms with E-state index in [1.54, 1.807) is 29.3 Å². The van der Waals surface area contributed by atoms with Crippen LogP contribution in [0, 0.1) is 0 Å². The number of fused-ring (bicyclic) bond motifs is 2. The number of nitrogens with one attached hydrogen (secondary N) is 2. The van der Waals surface area contributed by atoms with E-state index in [0.29, 0.717) is 28.9 Å². The lowest BCUT2D eigenvalue weighted by Crippen LogP contribution is -2.54. The second-order valence-electron chi connectivity index (χ2n) is 6.56. The van der Waals surface area contributed by atoms with Crippen LogP contribution in [0.5, 0.6) is 0 Å². The Labute approximate surface area is 157 Å². The normalized spacial score (nSPS) is 22.1. The highest BCUT2D eigenvalue weighted by molar-refractivity contribution is 7.12. The third-order valence-corrected chi connectivity index (χ3v) is 5.90. The van der Waals surface area contributed by atoms with Gasteiger partial charge in [0.25, 0.3) is 11.8 Å². The molecular weight excluding hydrogens is 368 g/mol. The van der Waals surface area contributed by atoms with Crippen LogP contribution in [0.2, 0.25) is 0 Å². The first-order valence-corrected chi connectivity index (χ1v) is 9.29. The highest BCUT2D eigenvalue weighted by atomic mass is 32.1. The molecule has 9 heteroatoms. The molecule has 5 heterocycles. The highest BCUT2D eigenvalue weighted by Gasteiger charge is 2.52. The molecule has 5 rings (SSSR count). The number of amides is 4. The molecule has 0 aliphatic carbocycles. The first kappa shape index (κ1) is 16.0. The summed E-state index contributed by atoms with van der Waals surface area (Å²) in [5.41, 5.74) is 0.614. The van der Waals surface area contributed by atoms with Crippen molar-refractivity contribution in [1.29, 1.82) is 0 Å². The van der Waals surface area contributed by atoms with E-state index in [1.165, 1.54) is 11.3 Å². The number of urea groups is 1. The Morgan fingerprint density at radius 1 is 1.30 bits per heavy atom. The van der Waals surface area contributed by atoms with Crippen LogP contribution in [0.4, 0.5) is 4.79 Å². The average Bonchev–Trinajstić information content (AvgIpc) is 3.35. The molecular formula is C18H14N4O4S. The highest BCUT2D eigenvalue weighted by Crippen LogP contribution is 2.33. The molecule has 0 spiro atoms. The van der Waals surface area contributed by atoms with Crippen molar-refractivity contribution in [1.82, 2.24) is 20.5 Å². The van der Waals surface area contributed by atoms with Gasteiger partial charge >= 0.3 is 6.03 Å². The molecule has 2 aliphatic heterocycles. The van der Waals surface area contributed by atoms with Gasteiger partial charge in [0.2, 0.25) is 0 Å². The largest absolute Gasteiger partial charge is 0.456 e. The van der Waals surface area contributed by atoms with E-state index < -0.39 is 17.5 Å². The summed E-state index contributed by atoms with van der Waals surface area (Å²) >= 11 is 1.38. The summed E-state index contributed by atoms with van der Waals surface area (Å²) < 4.78 is 5.83. The van der Waals surface area contributed by atoms with E-state index in [2.05, 4.69) is 15.6 Å². The minimum atomic E-state index is -1.48. The minimum absolute atomic E-state index is 0.0133. The summed E-state index contributed by atoms with van der Waals surface area (Å²) in [6.07, 6.45) is 2.33. The van der Waals surface area contributed by atoms with E-state index >= 15 is 0 Å². The maximum absolute atomic E-state index is 12.8. The second kappa shape index (κ2) is 5.65. The number of thiophene rings is 1. The van der Waals surface area contributed by atoms with E-state index in [9.17, 15) is 14.4 Å². The van der Waals surface area contributed by atoms with Gasteiger partial charge in [0.05, 0.1) is 11.4 Å². The molecule has 136 valence electrons. The molecule has 3 aromatic rings. The lowest BCUT2D eigenvalue weighted by Gasteiger charge is -2.33. The van der Waals surface area contributed by atoms with Gasteiger partial charge in [-0.3, -0.25) is 19.9 Å². The smallest absolute Gasteiger partial charge is 0.322 e. The Kier molecular flexibility index (Phi) is 3.35. The molecule has 2 aliphatic rings. The Morgan fingerprint density at radius 2 is 2.19 bits per heavy atom. The molecule has 0 radical (unpaired) electrons. The molecule has 2 N–H and O–H groups in total. The summed E-state index contributed by atoms with van der Waals surface area (Å²) in [5.74, 6) is -0.436. The molecule has 0 aromatic carbocycles. The predicted molar refractivity (Wildman–Crippen MR) is 96.3 cm³/mol. The molecule has 4 amide bonds. The monoisotopic (exact) mass is 382 g/mol. The van der Waals surface area contributed by atoms with E-state index in [0.717, 1.165) is 5.56 Å². The van der Waals surface area contributed by atoms with Crippen LogP contribution in [0.25, 0.3) is 11.1 Å². The van der Waals surface area contributed by atoms with Crippen molar-refractivity contribution in [3.05, 3.63) is 52.0 Å². The molecule has 0 unspecified atom stereocenters. The molecule has 8 nitrogen and oxygen atoms in total. The van der Waals surface area contributed by atoms with Gasteiger partial charge in [-0.1, -0.05) is 0 Å². The first-order valence-electron chi connectivity index (χ1n) is 8.41. The number of pyridine rings is 1. The van der Waals surface area contributed by atoms with Crippen LogP contribution >= 0.6 is 11.3 Å². The van der Waals surface area contributed by atoms with E-state index in [-0.39, 0.29) is 18.2 Å². The maximum atomic E-state index is 12.8. The zero-order valence-corrected chi connectivity index (χ0v) is 14.8. The zero-order chi connectivity index (χ0) is 18.6. The second-order valence-corrected chi connectivity index (χ2v) is 7.48. The van der Waals surface area contributed by atoms with Crippen molar-refractivity contribution in [3.63, 3.8) is 0 Å². The molecule has 0 bridgehead atoms. The zero-order valence-electron chi connectivity index (χ0n) is 14.0. The van der Waals surface area contributed by atoms with Crippen molar-refractivity contribution in [2.75, 3.05) is 13.1 Å². The van der Waals surface area contributed by atoms with Gasteiger partial charge in [-0.2, -0.15) is 0 Å². The van der Waals surface area contributed by atoms with Crippen molar-refractivity contribution >= 4 is 40.3 Å². The molecule has 1 atom stereocenters. The Balaban J connectivity index is 1.57. The average molecular weight is 382 g/mol.